The van der Waals surface area contributed by atoms with E-state index >= 15 is 0 Å². The van der Waals surface area contributed by atoms with E-state index in [1.54, 1.807) is 0 Å². The van der Waals surface area contributed by atoms with Crippen LogP contribution in [0.2, 0.25) is 0 Å². The van der Waals surface area contributed by atoms with Crippen LogP contribution >= 0.6 is 11.6 Å². The Bertz CT molecular complexity index is 1980. The van der Waals surface area contributed by atoms with Gasteiger partial charge in [-0.05, 0) is 55.7 Å². The van der Waals surface area contributed by atoms with Crippen molar-refractivity contribution in [2.24, 2.45) is 17.8 Å². The van der Waals surface area contributed by atoms with E-state index in [9.17, 15) is 69.3 Å². The van der Waals surface area contributed by atoms with Gasteiger partial charge in [-0.15, -0.1) is 11.6 Å². The number of ketones is 1. The van der Waals surface area contributed by atoms with Crippen LogP contribution in [-0.2, 0) is 38.3 Å². The molecule has 1 aromatic rings. The van der Waals surface area contributed by atoms with Crippen molar-refractivity contribution in [3.8, 4) is 5.75 Å². The fourth-order valence-electron chi connectivity index (χ4n) is 9.89. The van der Waals surface area contributed by atoms with Gasteiger partial charge in [-0.2, -0.15) is 0 Å². The molecule has 412 valence electrons. The van der Waals surface area contributed by atoms with Crippen molar-refractivity contribution in [1.82, 2.24) is 31.1 Å². The Morgan fingerprint density at radius 2 is 1.45 bits per heavy atom. The van der Waals surface area contributed by atoms with Gasteiger partial charge in [0.15, 0.2) is 12.0 Å². The fraction of sp³-hybridized carbons (Fsp3) is 0.745. The standard InChI is InChI=1S/C51H81ClN6O15/c1-6-28(2)23-29(3)13-11-9-7-8-10-12-14-40(65)53-35-26-39(64)49(73-22-20-52)56-48(70)43-37(62)19-21-57(43)50(71)30(4)24-38(63)42(45(67)44(66)32-15-17-33(60)18-16-32)55-47(69)36-25-34(61)27-58(36)51(72)41(31(5)59)54-46(35)68/h15-18,28-31,34-37,39,41-45,49,59-62,64,66-67H,6-14,19-27H2,1-5H3,(H,53,65)(H,54,68)(H,55,69)(H,56,70). The zero-order chi connectivity index (χ0) is 54.1. The van der Waals surface area contributed by atoms with Gasteiger partial charge >= 0.3 is 0 Å². The van der Waals surface area contributed by atoms with E-state index in [0.29, 0.717) is 18.3 Å². The van der Waals surface area contributed by atoms with Crippen molar-refractivity contribution in [3.63, 3.8) is 0 Å². The minimum absolute atomic E-state index is 0.0119. The molecule has 15 atom stereocenters. The van der Waals surface area contributed by atoms with Crippen molar-refractivity contribution in [2.75, 3.05) is 25.6 Å². The van der Waals surface area contributed by atoms with Gasteiger partial charge in [-0.3, -0.25) is 33.6 Å². The van der Waals surface area contributed by atoms with Gasteiger partial charge in [0.1, 0.15) is 54.3 Å². The van der Waals surface area contributed by atoms with Crippen LogP contribution in [0.5, 0.6) is 5.75 Å². The minimum atomic E-state index is -2.11. The highest BCUT2D eigenvalue weighted by Crippen LogP contribution is 2.28. The predicted octanol–water partition coefficient (Wildman–Crippen LogP) is 0.796. The Morgan fingerprint density at radius 1 is 0.808 bits per heavy atom. The molecule has 6 amide bonds. The summed E-state index contributed by atoms with van der Waals surface area (Å²) in [6.45, 7) is 8.37. The number of rotatable bonds is 20. The molecule has 0 bridgehead atoms. The Balaban J connectivity index is 1.66. The Labute approximate surface area is 433 Å². The number of unbranched alkanes of at least 4 members (excludes halogenated alkanes) is 5. The molecular formula is C51H81ClN6O15. The number of benzene rings is 1. The first-order chi connectivity index (χ1) is 34.6. The summed E-state index contributed by atoms with van der Waals surface area (Å²) in [4.78, 5) is 101. The number of carbonyl (C=O) groups excluding carboxylic acids is 7. The van der Waals surface area contributed by atoms with Gasteiger partial charge in [0.25, 0.3) is 0 Å². The van der Waals surface area contributed by atoms with Crippen LogP contribution in [0.3, 0.4) is 0 Å². The molecule has 3 aliphatic heterocycles. The zero-order valence-electron chi connectivity index (χ0n) is 42.9. The molecule has 0 aliphatic carbocycles. The van der Waals surface area contributed by atoms with Crippen LogP contribution in [0.1, 0.15) is 136 Å². The first kappa shape index (κ1) is 61.1. The third-order valence-corrected chi connectivity index (χ3v) is 14.4. The number of Topliss-reactive ketones (excluding diaryl/α,β-unsaturated/α-hetero) is 1. The normalized spacial score (nSPS) is 29.2. The van der Waals surface area contributed by atoms with Gasteiger partial charge < -0.3 is 71.5 Å². The molecule has 22 heteroatoms. The lowest BCUT2D eigenvalue weighted by Crippen LogP contribution is -2.61. The zero-order valence-corrected chi connectivity index (χ0v) is 43.6. The molecule has 4 rings (SSSR count). The van der Waals surface area contributed by atoms with Crippen LogP contribution in [0.15, 0.2) is 24.3 Å². The molecular weight excluding hydrogens is 972 g/mol. The molecule has 0 saturated carbocycles. The maximum atomic E-state index is 14.4. The molecule has 3 heterocycles. The molecule has 3 fully saturated rings. The Hall–Kier alpha value is -4.48. The average molecular weight is 1050 g/mol. The van der Waals surface area contributed by atoms with Crippen LogP contribution < -0.4 is 21.3 Å². The first-order valence-corrected chi connectivity index (χ1v) is 26.5. The van der Waals surface area contributed by atoms with Crippen molar-refractivity contribution < 1.29 is 74.0 Å². The lowest BCUT2D eigenvalue weighted by molar-refractivity contribution is -0.148. The second-order valence-electron chi connectivity index (χ2n) is 20.5. The maximum absolute atomic E-state index is 14.4. The lowest BCUT2D eigenvalue weighted by Gasteiger charge is -2.33. The van der Waals surface area contributed by atoms with Crippen LogP contribution in [0, 0.1) is 17.8 Å². The van der Waals surface area contributed by atoms with Crippen molar-refractivity contribution in [1.29, 1.82) is 0 Å². The summed E-state index contributed by atoms with van der Waals surface area (Å²) in [7, 11) is 0. The number of hydrogen-bond acceptors (Lipinski definition) is 15. The van der Waals surface area contributed by atoms with E-state index in [4.69, 9.17) is 16.3 Å². The topological polar surface area (TPSA) is 325 Å². The van der Waals surface area contributed by atoms with Gasteiger partial charge in [-0.1, -0.05) is 84.8 Å². The van der Waals surface area contributed by atoms with E-state index < -0.39 is 146 Å². The second kappa shape index (κ2) is 29.6. The number of fused-ring (bicyclic) bond motifs is 2. The minimum Gasteiger partial charge on any atom is -0.508 e. The molecule has 21 nitrogen and oxygen atoms in total. The second-order valence-corrected chi connectivity index (χ2v) is 20.8. The highest BCUT2D eigenvalue weighted by atomic mass is 35.5. The number of aliphatic hydroxyl groups is 6. The smallest absolute Gasteiger partial charge is 0.248 e. The molecule has 1 aromatic carbocycles. The summed E-state index contributed by atoms with van der Waals surface area (Å²) >= 11 is 5.93. The van der Waals surface area contributed by atoms with E-state index in [0.717, 1.165) is 54.7 Å². The highest BCUT2D eigenvalue weighted by Gasteiger charge is 2.47. The summed E-state index contributed by atoms with van der Waals surface area (Å²) < 4.78 is 5.72. The van der Waals surface area contributed by atoms with Crippen molar-refractivity contribution in [3.05, 3.63) is 29.8 Å². The number of alkyl halides is 1. The number of carbonyl (C=O) groups is 7. The summed E-state index contributed by atoms with van der Waals surface area (Å²) in [5.41, 5.74) is 0.0221. The molecule has 0 spiro atoms. The quantitative estimate of drug-likeness (QED) is 0.0636. The number of phenols is 1. The molecule has 0 aromatic heterocycles. The summed E-state index contributed by atoms with van der Waals surface area (Å²) in [6.07, 6.45) is -4.93. The molecule has 15 unspecified atom stereocenters. The van der Waals surface area contributed by atoms with Gasteiger partial charge in [0.05, 0.1) is 24.9 Å². The molecule has 11 N–H and O–H groups in total. The SMILES string of the molecule is CCC(C)CC(C)CCCCCCCCC(=O)NC1CC(O)C(OCCCl)NC(=O)C2C(O)CCN2C(=O)C(C)CC(=O)C(C(O)C(O)c2ccc(O)cc2)NC(=O)C2CC(O)CN2C(=O)C(C(C)O)NC1=O. The Kier molecular flexibility index (Phi) is 24.7. The number of ether oxygens (including phenoxy) is 1. The summed E-state index contributed by atoms with van der Waals surface area (Å²) in [5.74, 6) is -6.80. The summed E-state index contributed by atoms with van der Waals surface area (Å²) in [5, 5.41) is 87.2. The van der Waals surface area contributed by atoms with Gasteiger partial charge in [-0.25, -0.2) is 0 Å². The molecule has 3 saturated heterocycles. The number of halogens is 1. The third kappa shape index (κ3) is 17.8. The number of phenolic OH excluding ortho intramolecular Hbond substituents is 1. The largest absolute Gasteiger partial charge is 0.508 e. The van der Waals surface area contributed by atoms with E-state index in [1.165, 1.54) is 44.5 Å². The van der Waals surface area contributed by atoms with Crippen molar-refractivity contribution in [2.45, 2.75) is 198 Å². The number of nitrogens with one attached hydrogen (secondary N) is 4. The predicted molar refractivity (Wildman–Crippen MR) is 267 cm³/mol. The monoisotopic (exact) mass is 1050 g/mol. The number of amides is 6. The molecule has 3 aliphatic rings. The van der Waals surface area contributed by atoms with E-state index in [2.05, 4.69) is 42.0 Å². The fourth-order valence-corrected chi connectivity index (χ4v) is 9.98. The van der Waals surface area contributed by atoms with Gasteiger partial charge in [0.2, 0.25) is 35.4 Å². The van der Waals surface area contributed by atoms with E-state index in [-0.39, 0.29) is 43.2 Å². The summed E-state index contributed by atoms with van der Waals surface area (Å²) in [6, 6.07) is -3.67. The maximum Gasteiger partial charge on any atom is 0.248 e. The van der Waals surface area contributed by atoms with Crippen LogP contribution in [-0.4, -0.2) is 179 Å². The average Bonchev–Trinajstić information content (AvgIpc) is 3.94. The first-order valence-electron chi connectivity index (χ1n) is 26.0. The van der Waals surface area contributed by atoms with Crippen molar-refractivity contribution >= 4 is 52.8 Å². The third-order valence-electron chi connectivity index (χ3n) is 14.3. The number of aliphatic hydroxyl groups excluding tert-OH is 6. The van der Waals surface area contributed by atoms with Crippen LogP contribution in [0.25, 0.3) is 0 Å². The Morgan fingerprint density at radius 3 is 2.10 bits per heavy atom. The number of aromatic hydroxyl groups is 1. The molecule has 73 heavy (non-hydrogen) atoms. The number of nitrogens with zero attached hydrogens (tertiary/aromatic N) is 2. The van der Waals surface area contributed by atoms with Crippen LogP contribution in [0.4, 0.5) is 0 Å². The number of hydrogen-bond donors (Lipinski definition) is 11. The molecule has 0 radical (unpaired) electrons. The van der Waals surface area contributed by atoms with Gasteiger partial charge in [0, 0.05) is 50.6 Å². The highest BCUT2D eigenvalue weighted by molar-refractivity contribution is 6.18. The van der Waals surface area contributed by atoms with E-state index in [1.807, 2.05) is 0 Å². The lowest BCUT2D eigenvalue weighted by atomic mass is 9.91.